The van der Waals surface area contributed by atoms with Crippen LogP contribution in [0.15, 0.2) is 35.5 Å². The first-order valence-electron chi connectivity index (χ1n) is 5.04. The lowest BCUT2D eigenvalue weighted by Crippen LogP contribution is -2.22. The smallest absolute Gasteiger partial charge is 0.198 e. The van der Waals surface area contributed by atoms with E-state index >= 15 is 0 Å². The Morgan fingerprint density at radius 3 is 2.75 bits per heavy atom. The molecule has 84 valence electrons. The van der Waals surface area contributed by atoms with Gasteiger partial charge in [-0.1, -0.05) is 6.92 Å². The maximum Gasteiger partial charge on any atom is 0.198 e. The van der Waals surface area contributed by atoms with E-state index in [4.69, 9.17) is 16.0 Å². The van der Waals surface area contributed by atoms with Crippen molar-refractivity contribution < 1.29 is 4.42 Å². The van der Waals surface area contributed by atoms with Gasteiger partial charge in [0.05, 0.1) is 12.3 Å². The summed E-state index contributed by atoms with van der Waals surface area (Å²) in [4.78, 5) is 8.01. The van der Waals surface area contributed by atoms with Gasteiger partial charge < -0.3 is 9.73 Å². The molecular weight excluding hydrogens is 226 g/mol. The van der Waals surface area contributed by atoms with Crippen molar-refractivity contribution >= 4 is 11.6 Å². The highest BCUT2D eigenvalue weighted by Crippen LogP contribution is 2.28. The largest absolute Gasteiger partial charge is 0.453 e. The summed E-state index contributed by atoms with van der Waals surface area (Å²) in [6.07, 6.45) is 6.61. The van der Waals surface area contributed by atoms with Crippen LogP contribution in [0.2, 0.25) is 5.22 Å². The van der Waals surface area contributed by atoms with Gasteiger partial charge in [-0.2, -0.15) is 0 Å². The number of rotatable bonds is 4. The first-order valence-corrected chi connectivity index (χ1v) is 5.42. The molecule has 1 atom stereocenters. The number of hydrogen-bond donors (Lipinski definition) is 1. The van der Waals surface area contributed by atoms with E-state index in [1.807, 2.05) is 13.0 Å². The molecule has 0 aliphatic rings. The first-order chi connectivity index (χ1) is 7.83. The molecule has 0 spiro atoms. The molecule has 2 heterocycles. The average Bonchev–Trinajstić information content (AvgIpc) is 2.73. The lowest BCUT2D eigenvalue weighted by atomic mass is 10.0. The standard InChI is InChI=1S/C11H12ClN3O/c1-2-15-10(8-5-13-7-14-6-8)9-3-4-16-11(9)12/h3-7,10,15H,2H2,1H3. The summed E-state index contributed by atoms with van der Waals surface area (Å²) in [7, 11) is 0. The Hall–Kier alpha value is -1.39. The second-order valence-electron chi connectivity index (χ2n) is 3.31. The van der Waals surface area contributed by atoms with Crippen LogP contribution < -0.4 is 5.32 Å². The van der Waals surface area contributed by atoms with Crippen molar-refractivity contribution in [2.45, 2.75) is 13.0 Å². The molecule has 0 fully saturated rings. The third-order valence-electron chi connectivity index (χ3n) is 2.28. The maximum atomic E-state index is 5.97. The van der Waals surface area contributed by atoms with Crippen LogP contribution in [0.3, 0.4) is 0 Å². The molecule has 0 saturated heterocycles. The van der Waals surface area contributed by atoms with Crippen molar-refractivity contribution in [3.63, 3.8) is 0 Å². The summed E-state index contributed by atoms with van der Waals surface area (Å²) in [5.74, 6) is 0. The molecule has 1 N–H and O–H groups in total. The topological polar surface area (TPSA) is 51.0 Å². The summed E-state index contributed by atoms with van der Waals surface area (Å²) >= 11 is 5.97. The van der Waals surface area contributed by atoms with Crippen LogP contribution in [0, 0.1) is 0 Å². The third-order valence-corrected chi connectivity index (χ3v) is 2.59. The van der Waals surface area contributed by atoms with Crippen molar-refractivity contribution in [2.75, 3.05) is 6.54 Å². The third kappa shape index (κ3) is 2.23. The quantitative estimate of drug-likeness (QED) is 0.887. The minimum absolute atomic E-state index is 0.0301. The minimum atomic E-state index is -0.0301. The lowest BCUT2D eigenvalue weighted by Gasteiger charge is -2.16. The zero-order valence-electron chi connectivity index (χ0n) is 8.85. The van der Waals surface area contributed by atoms with E-state index in [1.165, 1.54) is 6.33 Å². The molecule has 0 radical (unpaired) electrons. The van der Waals surface area contributed by atoms with Crippen molar-refractivity contribution in [2.24, 2.45) is 0 Å². The predicted octanol–water partition coefficient (Wildman–Crippen LogP) is 2.42. The van der Waals surface area contributed by atoms with Crippen molar-refractivity contribution in [1.82, 2.24) is 15.3 Å². The molecule has 0 amide bonds. The van der Waals surface area contributed by atoms with E-state index < -0.39 is 0 Å². The van der Waals surface area contributed by atoms with E-state index in [-0.39, 0.29) is 6.04 Å². The fourth-order valence-electron chi connectivity index (χ4n) is 1.58. The Kier molecular flexibility index (Phi) is 3.54. The monoisotopic (exact) mass is 237 g/mol. The Labute approximate surface area is 98.7 Å². The summed E-state index contributed by atoms with van der Waals surface area (Å²) < 4.78 is 5.10. The number of hydrogen-bond acceptors (Lipinski definition) is 4. The Balaban J connectivity index is 2.35. The van der Waals surface area contributed by atoms with Crippen LogP contribution >= 0.6 is 11.6 Å². The summed E-state index contributed by atoms with van der Waals surface area (Å²) in [5, 5.41) is 3.72. The number of furan rings is 1. The van der Waals surface area contributed by atoms with Gasteiger partial charge in [0, 0.05) is 23.5 Å². The van der Waals surface area contributed by atoms with Gasteiger partial charge in [0.15, 0.2) is 5.22 Å². The van der Waals surface area contributed by atoms with Gasteiger partial charge in [-0.3, -0.25) is 0 Å². The SMILES string of the molecule is CCNC(c1cncnc1)c1ccoc1Cl. The summed E-state index contributed by atoms with van der Waals surface area (Å²) in [6.45, 7) is 2.85. The van der Waals surface area contributed by atoms with Gasteiger partial charge in [-0.25, -0.2) is 9.97 Å². The number of nitrogens with zero attached hydrogens (tertiary/aromatic N) is 2. The van der Waals surface area contributed by atoms with E-state index in [9.17, 15) is 0 Å². The van der Waals surface area contributed by atoms with Crippen molar-refractivity contribution in [1.29, 1.82) is 0 Å². The zero-order valence-corrected chi connectivity index (χ0v) is 9.61. The molecule has 2 aromatic heterocycles. The van der Waals surface area contributed by atoms with E-state index in [2.05, 4.69) is 15.3 Å². The van der Waals surface area contributed by atoms with E-state index in [0.29, 0.717) is 5.22 Å². The first kappa shape index (κ1) is 11.1. The van der Waals surface area contributed by atoms with Gasteiger partial charge in [-0.05, 0) is 24.2 Å². The maximum absolute atomic E-state index is 5.97. The summed E-state index contributed by atoms with van der Waals surface area (Å²) in [5.41, 5.74) is 1.87. The molecule has 0 saturated carbocycles. The Morgan fingerprint density at radius 2 is 2.19 bits per heavy atom. The van der Waals surface area contributed by atoms with Gasteiger partial charge in [0.2, 0.25) is 0 Å². The highest BCUT2D eigenvalue weighted by molar-refractivity contribution is 6.29. The molecular formula is C11H12ClN3O. The van der Waals surface area contributed by atoms with Crippen LogP contribution in [-0.2, 0) is 0 Å². The average molecular weight is 238 g/mol. The van der Waals surface area contributed by atoms with E-state index in [1.54, 1.807) is 18.7 Å². The van der Waals surface area contributed by atoms with Gasteiger partial charge in [0.25, 0.3) is 0 Å². The molecule has 0 aliphatic carbocycles. The second-order valence-corrected chi connectivity index (χ2v) is 3.66. The lowest BCUT2D eigenvalue weighted by molar-refractivity contribution is 0.554. The molecule has 2 aromatic rings. The van der Waals surface area contributed by atoms with Gasteiger partial charge >= 0.3 is 0 Å². The molecule has 0 aromatic carbocycles. The fourth-order valence-corrected chi connectivity index (χ4v) is 1.81. The highest BCUT2D eigenvalue weighted by atomic mass is 35.5. The molecule has 5 heteroatoms. The van der Waals surface area contributed by atoms with Gasteiger partial charge in [0.1, 0.15) is 6.33 Å². The predicted molar refractivity (Wildman–Crippen MR) is 61.3 cm³/mol. The van der Waals surface area contributed by atoms with Crippen LogP contribution in [0.25, 0.3) is 0 Å². The van der Waals surface area contributed by atoms with Crippen molar-refractivity contribution in [3.8, 4) is 0 Å². The zero-order chi connectivity index (χ0) is 11.4. The molecule has 4 nitrogen and oxygen atoms in total. The Morgan fingerprint density at radius 1 is 1.44 bits per heavy atom. The molecule has 0 aliphatic heterocycles. The molecule has 2 rings (SSSR count). The second kappa shape index (κ2) is 5.09. The highest BCUT2D eigenvalue weighted by Gasteiger charge is 2.18. The fraction of sp³-hybridized carbons (Fsp3) is 0.273. The van der Waals surface area contributed by atoms with E-state index in [0.717, 1.165) is 17.7 Å². The minimum Gasteiger partial charge on any atom is -0.453 e. The molecule has 1 unspecified atom stereocenters. The molecule has 0 bridgehead atoms. The van der Waals surface area contributed by atoms with Crippen LogP contribution in [0.1, 0.15) is 24.1 Å². The Bertz CT molecular complexity index is 444. The van der Waals surface area contributed by atoms with Crippen LogP contribution in [0.5, 0.6) is 0 Å². The van der Waals surface area contributed by atoms with Gasteiger partial charge in [-0.15, -0.1) is 0 Å². The van der Waals surface area contributed by atoms with Crippen LogP contribution in [-0.4, -0.2) is 16.5 Å². The van der Waals surface area contributed by atoms with Crippen LogP contribution in [0.4, 0.5) is 0 Å². The number of nitrogens with one attached hydrogen (secondary N) is 1. The summed E-state index contributed by atoms with van der Waals surface area (Å²) in [6, 6.07) is 1.82. The molecule has 16 heavy (non-hydrogen) atoms. The normalized spacial score (nSPS) is 12.6. The number of halogens is 1. The van der Waals surface area contributed by atoms with Crippen molar-refractivity contribution in [3.05, 3.63) is 47.4 Å². The number of aromatic nitrogens is 2.